The maximum atomic E-state index is 2.44. The van der Waals surface area contributed by atoms with Crippen LogP contribution in [0.5, 0.6) is 0 Å². The van der Waals surface area contributed by atoms with Crippen molar-refractivity contribution in [2.75, 3.05) is 4.90 Å². The molecule has 0 fully saturated rings. The molecular formula is C57H42N2. The van der Waals surface area contributed by atoms with Gasteiger partial charge in [0.05, 0.1) is 11.0 Å². The van der Waals surface area contributed by atoms with E-state index in [-0.39, 0.29) is 5.41 Å². The summed E-state index contributed by atoms with van der Waals surface area (Å²) < 4.78 is 2.43. The molecule has 0 spiro atoms. The molecule has 0 amide bonds. The molecule has 1 aliphatic carbocycles. The van der Waals surface area contributed by atoms with E-state index in [1.54, 1.807) is 0 Å². The third-order valence-corrected chi connectivity index (χ3v) is 12.4. The average Bonchev–Trinajstić information content (AvgIpc) is 3.75. The van der Waals surface area contributed by atoms with Gasteiger partial charge in [0.1, 0.15) is 0 Å². The Morgan fingerprint density at radius 2 is 0.864 bits per heavy atom. The fourth-order valence-corrected chi connectivity index (χ4v) is 9.46. The molecule has 1 aliphatic rings. The van der Waals surface area contributed by atoms with E-state index in [0.717, 1.165) is 22.7 Å². The van der Waals surface area contributed by atoms with Crippen molar-refractivity contribution in [1.29, 1.82) is 0 Å². The molecule has 1 heterocycles. The van der Waals surface area contributed by atoms with E-state index >= 15 is 0 Å². The summed E-state index contributed by atoms with van der Waals surface area (Å²) in [6.07, 6.45) is 0. The zero-order chi connectivity index (χ0) is 39.5. The predicted molar refractivity (Wildman–Crippen MR) is 249 cm³/mol. The highest BCUT2D eigenvalue weighted by molar-refractivity contribution is 6.16. The number of benzene rings is 9. The topological polar surface area (TPSA) is 8.17 Å². The Balaban J connectivity index is 1.11. The molecule has 2 heteroatoms. The fraction of sp³-hybridized carbons (Fsp3) is 0.0526. The van der Waals surface area contributed by atoms with Gasteiger partial charge in [-0.3, -0.25) is 0 Å². The summed E-state index contributed by atoms with van der Waals surface area (Å²) in [6, 6.07) is 79.8. The minimum absolute atomic E-state index is 0.189. The summed E-state index contributed by atoms with van der Waals surface area (Å²) in [4.78, 5) is 2.44. The summed E-state index contributed by atoms with van der Waals surface area (Å²) in [5.74, 6) is 0. The van der Waals surface area contributed by atoms with Crippen molar-refractivity contribution in [1.82, 2.24) is 4.57 Å². The number of fused-ring (bicyclic) bond motifs is 6. The Morgan fingerprint density at radius 1 is 0.356 bits per heavy atom. The smallest absolute Gasteiger partial charge is 0.0562 e. The summed E-state index contributed by atoms with van der Waals surface area (Å²) >= 11 is 0. The van der Waals surface area contributed by atoms with Gasteiger partial charge >= 0.3 is 0 Å². The number of rotatable bonds is 7. The molecule has 0 N–H and O–H groups in total. The number of aromatic nitrogens is 1. The highest BCUT2D eigenvalue weighted by atomic mass is 15.1. The van der Waals surface area contributed by atoms with Crippen molar-refractivity contribution >= 4 is 38.9 Å². The van der Waals surface area contributed by atoms with Crippen LogP contribution in [-0.2, 0) is 5.41 Å². The van der Waals surface area contributed by atoms with Crippen molar-refractivity contribution < 1.29 is 0 Å². The Morgan fingerprint density at radius 3 is 1.54 bits per heavy atom. The molecule has 59 heavy (non-hydrogen) atoms. The molecule has 0 radical (unpaired) electrons. The number of anilines is 3. The number of hydrogen-bond donors (Lipinski definition) is 0. The summed E-state index contributed by atoms with van der Waals surface area (Å²) in [6.45, 7) is 4.76. The van der Waals surface area contributed by atoms with E-state index < -0.39 is 0 Å². The van der Waals surface area contributed by atoms with Gasteiger partial charge in [-0.05, 0) is 116 Å². The second-order valence-corrected chi connectivity index (χ2v) is 16.2. The highest BCUT2D eigenvalue weighted by Crippen LogP contribution is 2.52. The molecule has 0 bridgehead atoms. The number of hydrogen-bond acceptors (Lipinski definition) is 1. The molecule has 0 atom stereocenters. The monoisotopic (exact) mass is 754 g/mol. The first-order chi connectivity index (χ1) is 29.0. The van der Waals surface area contributed by atoms with Crippen LogP contribution in [0, 0.1) is 0 Å². The fourth-order valence-electron chi connectivity index (χ4n) is 9.46. The van der Waals surface area contributed by atoms with E-state index in [2.05, 4.69) is 242 Å². The molecule has 0 saturated heterocycles. The van der Waals surface area contributed by atoms with E-state index in [1.165, 1.54) is 77.4 Å². The van der Waals surface area contributed by atoms with Crippen LogP contribution in [0.2, 0.25) is 0 Å². The van der Waals surface area contributed by atoms with Crippen LogP contribution >= 0.6 is 0 Å². The van der Waals surface area contributed by atoms with Gasteiger partial charge in [-0.15, -0.1) is 0 Å². The zero-order valence-corrected chi connectivity index (χ0v) is 33.2. The molecular weight excluding hydrogens is 713 g/mol. The molecule has 280 valence electrons. The van der Waals surface area contributed by atoms with Gasteiger partial charge in [0.25, 0.3) is 0 Å². The standard InChI is InChI=1S/C57H42N2/c1-57(2)52-36-43(40-18-9-4-10-19-40)28-33-49(52)50-34-31-46(37-53(50)57)58(45-29-26-41(27-30-45)39-16-7-3-8-17-39)47-32-35-51-55(38-47)59(44-22-13-6-14-23-44)54-25-15-24-48(56(51)54)42-20-11-5-12-21-42/h3-38H,1-2H3. The third kappa shape index (κ3) is 5.79. The summed E-state index contributed by atoms with van der Waals surface area (Å²) in [7, 11) is 0. The summed E-state index contributed by atoms with van der Waals surface area (Å²) in [5.41, 5.74) is 19.3. The lowest BCUT2D eigenvalue weighted by atomic mass is 9.81. The average molecular weight is 755 g/mol. The van der Waals surface area contributed by atoms with Crippen molar-refractivity contribution in [2.45, 2.75) is 19.3 Å². The molecule has 1 aromatic heterocycles. The number of nitrogens with zero attached hydrogens (tertiary/aromatic N) is 2. The Hall–Kier alpha value is -7.42. The predicted octanol–water partition coefficient (Wildman–Crippen LogP) is 15.6. The molecule has 0 unspecified atom stereocenters. The van der Waals surface area contributed by atoms with Gasteiger partial charge in [-0.25, -0.2) is 0 Å². The quantitative estimate of drug-likeness (QED) is 0.157. The lowest BCUT2D eigenvalue weighted by Crippen LogP contribution is -2.16. The van der Waals surface area contributed by atoms with Crippen LogP contribution in [-0.4, -0.2) is 4.57 Å². The minimum atomic E-state index is -0.189. The van der Waals surface area contributed by atoms with Crippen LogP contribution in [0.25, 0.3) is 72.0 Å². The van der Waals surface area contributed by atoms with Crippen molar-refractivity contribution in [2.24, 2.45) is 0 Å². The third-order valence-electron chi connectivity index (χ3n) is 12.4. The van der Waals surface area contributed by atoms with Crippen LogP contribution in [0.15, 0.2) is 218 Å². The van der Waals surface area contributed by atoms with E-state index in [4.69, 9.17) is 0 Å². The second kappa shape index (κ2) is 13.9. The van der Waals surface area contributed by atoms with Crippen LogP contribution < -0.4 is 4.90 Å². The van der Waals surface area contributed by atoms with Crippen molar-refractivity contribution in [3.8, 4) is 50.2 Å². The van der Waals surface area contributed by atoms with Crippen LogP contribution in [0.3, 0.4) is 0 Å². The van der Waals surface area contributed by atoms with Gasteiger partial charge in [0, 0.05) is 38.9 Å². The molecule has 11 rings (SSSR count). The first-order valence-electron chi connectivity index (χ1n) is 20.5. The largest absolute Gasteiger partial charge is 0.310 e. The SMILES string of the molecule is CC1(C)c2cc(-c3ccccc3)ccc2-c2ccc(N(c3ccc(-c4ccccc4)cc3)c3ccc4c5c(-c6ccccc6)cccc5n(-c5ccccc5)c4c3)cc21. The summed E-state index contributed by atoms with van der Waals surface area (Å²) in [5, 5.41) is 2.49. The zero-order valence-electron chi connectivity index (χ0n) is 33.2. The molecule has 9 aromatic carbocycles. The van der Waals surface area contributed by atoms with Gasteiger partial charge < -0.3 is 9.47 Å². The van der Waals surface area contributed by atoms with E-state index in [9.17, 15) is 0 Å². The maximum Gasteiger partial charge on any atom is 0.0562 e. The second-order valence-electron chi connectivity index (χ2n) is 16.2. The maximum absolute atomic E-state index is 2.44. The van der Waals surface area contributed by atoms with Crippen molar-refractivity contribution in [3.05, 3.63) is 230 Å². The van der Waals surface area contributed by atoms with Gasteiger partial charge in [-0.2, -0.15) is 0 Å². The van der Waals surface area contributed by atoms with Crippen molar-refractivity contribution in [3.63, 3.8) is 0 Å². The van der Waals surface area contributed by atoms with E-state index in [0.29, 0.717) is 0 Å². The van der Waals surface area contributed by atoms with Crippen LogP contribution in [0.4, 0.5) is 17.1 Å². The molecule has 0 aliphatic heterocycles. The highest BCUT2D eigenvalue weighted by Gasteiger charge is 2.36. The van der Waals surface area contributed by atoms with Gasteiger partial charge in [-0.1, -0.05) is 172 Å². The first-order valence-corrected chi connectivity index (χ1v) is 20.5. The molecule has 10 aromatic rings. The normalized spacial score (nSPS) is 12.7. The van der Waals surface area contributed by atoms with Gasteiger partial charge in [0.2, 0.25) is 0 Å². The van der Waals surface area contributed by atoms with Crippen LogP contribution in [0.1, 0.15) is 25.0 Å². The van der Waals surface area contributed by atoms with Gasteiger partial charge in [0.15, 0.2) is 0 Å². The lowest BCUT2D eigenvalue weighted by Gasteiger charge is -2.28. The number of para-hydroxylation sites is 1. The Bertz CT molecular complexity index is 3140. The molecule has 0 saturated carbocycles. The Kier molecular flexibility index (Phi) is 8.20. The Labute approximate surface area is 345 Å². The van der Waals surface area contributed by atoms with E-state index in [1.807, 2.05) is 0 Å². The molecule has 2 nitrogen and oxygen atoms in total. The minimum Gasteiger partial charge on any atom is -0.310 e. The first kappa shape index (κ1) is 34.8. The lowest BCUT2D eigenvalue weighted by molar-refractivity contribution is 0.660.